The number of hydrogen-bond acceptors (Lipinski definition) is 6. The van der Waals surface area contributed by atoms with E-state index in [0.29, 0.717) is 21.1 Å². The number of aromatic nitrogens is 2. The summed E-state index contributed by atoms with van der Waals surface area (Å²) >= 11 is 7.34. The number of carbonyl (C=O) groups is 2. The Morgan fingerprint density at radius 3 is 2.64 bits per heavy atom. The van der Waals surface area contributed by atoms with Gasteiger partial charge in [0.05, 0.1) is 11.8 Å². The van der Waals surface area contributed by atoms with Gasteiger partial charge in [-0.05, 0) is 17.7 Å². The van der Waals surface area contributed by atoms with Crippen LogP contribution in [0, 0.1) is 0 Å². The molecule has 0 radical (unpaired) electrons. The second-order valence-electron chi connectivity index (χ2n) is 5.26. The molecule has 2 aromatic heterocycles. The summed E-state index contributed by atoms with van der Waals surface area (Å²) in [7, 11) is 0. The van der Waals surface area contributed by atoms with Crippen LogP contribution < -0.4 is 11.1 Å². The molecular formula is C16H13ClN4O3S. The predicted molar refractivity (Wildman–Crippen MR) is 96.7 cm³/mol. The number of hydrogen-bond donors (Lipinski definition) is 3. The molecule has 1 amide bonds. The van der Waals surface area contributed by atoms with Crippen LogP contribution in [0.4, 0.5) is 5.82 Å². The lowest BCUT2D eigenvalue weighted by atomic mass is 10.1. The Balaban J connectivity index is 2.06. The van der Waals surface area contributed by atoms with E-state index in [-0.39, 0.29) is 6.42 Å². The Morgan fingerprint density at radius 1 is 1.28 bits per heavy atom. The van der Waals surface area contributed by atoms with Gasteiger partial charge in [0.2, 0.25) is 5.91 Å². The first-order valence-electron chi connectivity index (χ1n) is 7.21. The lowest BCUT2D eigenvalue weighted by Gasteiger charge is -2.14. The number of rotatable bonds is 6. The fourth-order valence-electron chi connectivity index (χ4n) is 2.39. The smallest absolute Gasteiger partial charge is 0.326 e. The van der Waals surface area contributed by atoms with E-state index < -0.39 is 17.9 Å². The first kappa shape index (κ1) is 17.1. The number of carboxylic acid groups (broad SMARTS) is 1. The van der Waals surface area contributed by atoms with Gasteiger partial charge >= 0.3 is 5.97 Å². The van der Waals surface area contributed by atoms with Crippen LogP contribution in [0.15, 0.2) is 36.0 Å². The Kier molecular flexibility index (Phi) is 4.82. The van der Waals surface area contributed by atoms with Crippen molar-refractivity contribution in [1.82, 2.24) is 9.97 Å². The lowest BCUT2D eigenvalue weighted by molar-refractivity contribution is -0.139. The van der Waals surface area contributed by atoms with Crippen LogP contribution in [0.3, 0.4) is 0 Å². The van der Waals surface area contributed by atoms with Crippen molar-refractivity contribution in [2.75, 3.05) is 5.32 Å². The molecule has 9 heteroatoms. The maximum atomic E-state index is 11.4. The van der Waals surface area contributed by atoms with Crippen LogP contribution in [0.25, 0.3) is 21.3 Å². The number of amides is 1. The SMILES string of the molecule is NC(=O)CC(Nc1ncnc2scc(-c3ccc(Cl)cc3)c12)C(=O)O. The van der Waals surface area contributed by atoms with Crippen molar-refractivity contribution in [2.45, 2.75) is 12.5 Å². The van der Waals surface area contributed by atoms with E-state index in [1.807, 2.05) is 17.5 Å². The largest absolute Gasteiger partial charge is 0.480 e. The van der Waals surface area contributed by atoms with Gasteiger partial charge in [0, 0.05) is 16.0 Å². The highest BCUT2D eigenvalue weighted by molar-refractivity contribution is 7.17. The minimum Gasteiger partial charge on any atom is -0.480 e. The van der Waals surface area contributed by atoms with Gasteiger partial charge < -0.3 is 16.2 Å². The number of carbonyl (C=O) groups excluding carboxylic acids is 1. The first-order valence-corrected chi connectivity index (χ1v) is 8.47. The topological polar surface area (TPSA) is 118 Å². The van der Waals surface area contributed by atoms with E-state index in [4.69, 9.17) is 17.3 Å². The third kappa shape index (κ3) is 3.70. The minimum atomic E-state index is -1.19. The van der Waals surface area contributed by atoms with Crippen LogP contribution in [-0.2, 0) is 9.59 Å². The van der Waals surface area contributed by atoms with Gasteiger partial charge in [-0.15, -0.1) is 11.3 Å². The van der Waals surface area contributed by atoms with Crippen LogP contribution in [-0.4, -0.2) is 33.0 Å². The fourth-order valence-corrected chi connectivity index (χ4v) is 3.43. The molecule has 25 heavy (non-hydrogen) atoms. The molecule has 0 fully saturated rings. The van der Waals surface area contributed by atoms with Crippen molar-refractivity contribution in [3.05, 3.63) is 41.0 Å². The van der Waals surface area contributed by atoms with Gasteiger partial charge in [0.25, 0.3) is 0 Å². The number of primary amides is 1. The predicted octanol–water partition coefficient (Wildman–Crippen LogP) is 2.75. The van der Waals surface area contributed by atoms with Crippen molar-refractivity contribution in [3.8, 4) is 11.1 Å². The van der Waals surface area contributed by atoms with E-state index >= 15 is 0 Å². The first-order chi connectivity index (χ1) is 12.0. The average molecular weight is 377 g/mol. The quantitative estimate of drug-likeness (QED) is 0.608. The molecule has 0 aliphatic carbocycles. The summed E-state index contributed by atoms with van der Waals surface area (Å²) in [6.45, 7) is 0. The number of carboxylic acids is 1. The minimum absolute atomic E-state index is 0.338. The summed E-state index contributed by atoms with van der Waals surface area (Å²) in [5, 5.41) is 15.3. The second kappa shape index (κ2) is 7.04. The number of fused-ring (bicyclic) bond motifs is 1. The molecule has 0 spiro atoms. The molecule has 128 valence electrons. The third-order valence-corrected chi connectivity index (χ3v) is 4.68. The van der Waals surface area contributed by atoms with Crippen LogP contribution in [0.1, 0.15) is 6.42 Å². The highest BCUT2D eigenvalue weighted by atomic mass is 35.5. The summed E-state index contributed by atoms with van der Waals surface area (Å²) in [6.07, 6.45) is 0.997. The Labute approximate surface area is 151 Å². The van der Waals surface area contributed by atoms with Crippen LogP contribution in [0.5, 0.6) is 0 Å². The standard InChI is InChI=1S/C16H13ClN4O3S/c17-9-3-1-8(2-4-9)10-6-25-15-13(10)14(19-7-20-15)21-11(16(23)24)5-12(18)22/h1-4,6-7,11H,5H2,(H2,18,22)(H,23,24)(H,19,20,21). The number of halogens is 1. The number of nitrogens with two attached hydrogens (primary N) is 1. The molecule has 3 aromatic rings. The zero-order chi connectivity index (χ0) is 18.0. The molecule has 1 atom stereocenters. The third-order valence-electron chi connectivity index (χ3n) is 3.54. The van der Waals surface area contributed by atoms with E-state index in [9.17, 15) is 14.7 Å². The number of thiophene rings is 1. The van der Waals surface area contributed by atoms with Crippen molar-refractivity contribution < 1.29 is 14.7 Å². The van der Waals surface area contributed by atoms with Gasteiger partial charge in [-0.1, -0.05) is 23.7 Å². The van der Waals surface area contributed by atoms with E-state index in [2.05, 4.69) is 15.3 Å². The monoisotopic (exact) mass is 376 g/mol. The summed E-state index contributed by atoms with van der Waals surface area (Å²) in [5.41, 5.74) is 6.88. The molecule has 0 saturated carbocycles. The molecule has 1 unspecified atom stereocenters. The Hall–Kier alpha value is -2.71. The second-order valence-corrected chi connectivity index (χ2v) is 6.56. The average Bonchev–Trinajstić information content (AvgIpc) is 2.99. The highest BCUT2D eigenvalue weighted by Crippen LogP contribution is 2.37. The van der Waals surface area contributed by atoms with Crippen molar-refractivity contribution in [2.24, 2.45) is 5.73 Å². The van der Waals surface area contributed by atoms with Gasteiger partial charge in [-0.3, -0.25) is 4.79 Å². The molecule has 0 aliphatic heterocycles. The molecular weight excluding hydrogens is 364 g/mol. The molecule has 3 rings (SSSR count). The number of nitrogens with zero attached hydrogens (tertiary/aromatic N) is 2. The van der Waals surface area contributed by atoms with Gasteiger partial charge in [0.1, 0.15) is 23.0 Å². The van der Waals surface area contributed by atoms with Crippen molar-refractivity contribution in [3.63, 3.8) is 0 Å². The number of anilines is 1. The molecule has 0 aliphatic rings. The summed E-state index contributed by atoms with van der Waals surface area (Å²) in [6, 6.07) is 6.08. The maximum Gasteiger partial charge on any atom is 0.326 e. The van der Waals surface area contributed by atoms with E-state index in [1.165, 1.54) is 17.7 Å². The molecule has 7 nitrogen and oxygen atoms in total. The fraction of sp³-hybridized carbons (Fsp3) is 0.125. The lowest BCUT2D eigenvalue weighted by Crippen LogP contribution is -2.34. The van der Waals surface area contributed by atoms with Crippen LogP contribution in [0.2, 0.25) is 5.02 Å². The van der Waals surface area contributed by atoms with E-state index in [1.54, 1.807) is 12.1 Å². The van der Waals surface area contributed by atoms with Crippen molar-refractivity contribution >= 4 is 50.8 Å². The van der Waals surface area contributed by atoms with Gasteiger partial charge in [-0.2, -0.15) is 0 Å². The Morgan fingerprint density at radius 2 is 2.00 bits per heavy atom. The molecule has 4 N–H and O–H groups in total. The maximum absolute atomic E-state index is 11.4. The zero-order valence-electron chi connectivity index (χ0n) is 12.8. The van der Waals surface area contributed by atoms with Gasteiger partial charge in [0.15, 0.2) is 0 Å². The van der Waals surface area contributed by atoms with Gasteiger partial charge in [-0.25, -0.2) is 14.8 Å². The molecule has 0 saturated heterocycles. The van der Waals surface area contributed by atoms with Crippen molar-refractivity contribution in [1.29, 1.82) is 0 Å². The van der Waals surface area contributed by atoms with E-state index in [0.717, 1.165) is 11.1 Å². The number of benzene rings is 1. The number of nitrogens with one attached hydrogen (secondary N) is 1. The molecule has 2 heterocycles. The summed E-state index contributed by atoms with van der Waals surface area (Å²) in [5.74, 6) is -1.56. The molecule has 1 aromatic carbocycles. The normalized spacial score (nSPS) is 12.0. The summed E-state index contributed by atoms with van der Waals surface area (Å²) < 4.78 is 0. The number of aliphatic carboxylic acids is 1. The Bertz CT molecular complexity index is 942. The van der Waals surface area contributed by atoms with Crippen LogP contribution >= 0.6 is 22.9 Å². The zero-order valence-corrected chi connectivity index (χ0v) is 14.3. The highest BCUT2D eigenvalue weighted by Gasteiger charge is 2.22. The summed E-state index contributed by atoms with van der Waals surface area (Å²) in [4.78, 5) is 31.6. The molecule has 0 bridgehead atoms.